The van der Waals surface area contributed by atoms with Gasteiger partial charge in [-0.2, -0.15) is 0 Å². The van der Waals surface area contributed by atoms with Crippen LogP contribution >= 0.6 is 0 Å². The fraction of sp³-hybridized carbons (Fsp3) is 0.707. The fourth-order valence-electron chi connectivity index (χ4n) is 7.10. The van der Waals surface area contributed by atoms with Crippen molar-refractivity contribution < 1.29 is 28.6 Å². The van der Waals surface area contributed by atoms with Gasteiger partial charge in [-0.3, -0.25) is 14.4 Å². The summed E-state index contributed by atoms with van der Waals surface area (Å²) in [4.78, 5) is 37.9. The van der Waals surface area contributed by atoms with Crippen LogP contribution in [0.3, 0.4) is 0 Å². The molecule has 6 nitrogen and oxygen atoms in total. The highest BCUT2D eigenvalue weighted by Crippen LogP contribution is 2.14. The predicted molar refractivity (Wildman–Crippen MR) is 274 cm³/mol. The molecule has 0 aliphatic rings. The minimum Gasteiger partial charge on any atom is -0.462 e. The molecule has 0 bridgehead atoms. The van der Waals surface area contributed by atoms with Gasteiger partial charge in [0.05, 0.1) is 0 Å². The Balaban J connectivity index is 4.43. The summed E-state index contributed by atoms with van der Waals surface area (Å²) in [6, 6.07) is 0. The Kier molecular flexibility index (Phi) is 49.4. The number of esters is 3. The summed E-state index contributed by atoms with van der Waals surface area (Å²) >= 11 is 0. The van der Waals surface area contributed by atoms with Gasteiger partial charge in [-0.1, -0.05) is 209 Å². The van der Waals surface area contributed by atoms with Crippen LogP contribution in [-0.4, -0.2) is 37.2 Å². The van der Waals surface area contributed by atoms with Gasteiger partial charge in [0.1, 0.15) is 13.2 Å². The summed E-state index contributed by atoms with van der Waals surface area (Å²) in [7, 11) is 0. The number of carbonyl (C=O) groups is 3. The first kappa shape index (κ1) is 60.6. The molecule has 0 aromatic rings. The van der Waals surface area contributed by atoms with Gasteiger partial charge in [0.2, 0.25) is 0 Å². The number of carbonyl (C=O) groups excluding carboxylic acids is 3. The van der Waals surface area contributed by atoms with E-state index in [1.54, 1.807) is 0 Å². The summed E-state index contributed by atoms with van der Waals surface area (Å²) in [5.74, 6) is -0.983. The summed E-state index contributed by atoms with van der Waals surface area (Å²) in [6.45, 7) is 6.42. The van der Waals surface area contributed by atoms with E-state index in [0.717, 1.165) is 96.3 Å². The molecular weight excluding hydrogens is 793 g/mol. The average molecular weight is 891 g/mol. The molecule has 0 aliphatic heterocycles. The summed E-state index contributed by atoms with van der Waals surface area (Å²) in [6.07, 6.45) is 67.2. The quantitative estimate of drug-likeness (QED) is 0.0262. The lowest BCUT2D eigenvalue weighted by atomic mass is 10.1. The molecule has 0 amide bonds. The zero-order chi connectivity index (χ0) is 46.5. The van der Waals surface area contributed by atoms with Gasteiger partial charge in [-0.25, -0.2) is 0 Å². The lowest BCUT2D eigenvalue weighted by molar-refractivity contribution is -0.167. The van der Waals surface area contributed by atoms with E-state index in [9.17, 15) is 14.4 Å². The fourth-order valence-corrected chi connectivity index (χ4v) is 7.10. The number of hydrogen-bond acceptors (Lipinski definition) is 6. The highest BCUT2D eigenvalue weighted by atomic mass is 16.6. The molecule has 0 radical (unpaired) electrons. The molecule has 64 heavy (non-hydrogen) atoms. The second-order valence-corrected chi connectivity index (χ2v) is 17.4. The lowest BCUT2D eigenvalue weighted by Gasteiger charge is -2.18. The number of hydrogen-bond donors (Lipinski definition) is 0. The molecule has 0 aromatic heterocycles. The predicted octanol–water partition coefficient (Wildman–Crippen LogP) is 17.6. The zero-order valence-electron chi connectivity index (χ0n) is 41.8. The molecule has 0 aliphatic carbocycles. The standard InChI is InChI=1S/C58H98O6/c1-4-7-10-13-16-19-22-24-26-28-29-31-32-34-36-39-42-45-48-51-57(60)63-54-55(53-62-56(59)50-47-44-41-38-21-18-15-12-9-6-3)64-58(61)52-49-46-43-40-37-35-33-30-27-25-23-20-17-14-11-8-5-2/h8,11,15,17-18,20,25,27-29,33,35,40,43,55H,4-7,9-10,12-14,16,19,21-24,26,30-32,34,36-39,41-42,44-54H2,1-3H3/b11-8-,18-15-,20-17-,27-25-,29-28-,35-33-,43-40-. The molecular formula is C58H98O6. The molecule has 0 rings (SSSR count). The first-order valence-electron chi connectivity index (χ1n) is 26.6. The molecule has 0 spiro atoms. The van der Waals surface area contributed by atoms with Gasteiger partial charge < -0.3 is 14.2 Å². The molecule has 366 valence electrons. The minimum atomic E-state index is -0.812. The Morgan fingerprint density at radius 1 is 0.328 bits per heavy atom. The summed E-state index contributed by atoms with van der Waals surface area (Å²) in [5.41, 5.74) is 0. The molecule has 0 heterocycles. The van der Waals surface area contributed by atoms with E-state index >= 15 is 0 Å². The van der Waals surface area contributed by atoms with E-state index in [2.05, 4.69) is 106 Å². The van der Waals surface area contributed by atoms with Crippen molar-refractivity contribution in [2.75, 3.05) is 13.2 Å². The summed E-state index contributed by atoms with van der Waals surface area (Å²) in [5, 5.41) is 0. The number of ether oxygens (including phenoxy) is 3. The van der Waals surface area contributed by atoms with Crippen LogP contribution in [0.25, 0.3) is 0 Å². The third-order valence-electron chi connectivity index (χ3n) is 11.1. The molecule has 1 atom stereocenters. The third kappa shape index (κ3) is 49.6. The largest absolute Gasteiger partial charge is 0.462 e. The van der Waals surface area contributed by atoms with Gasteiger partial charge in [-0.15, -0.1) is 0 Å². The first-order chi connectivity index (χ1) is 31.5. The normalized spacial score (nSPS) is 12.7. The van der Waals surface area contributed by atoms with E-state index in [-0.39, 0.29) is 37.5 Å². The highest BCUT2D eigenvalue weighted by Gasteiger charge is 2.19. The Morgan fingerprint density at radius 2 is 0.641 bits per heavy atom. The van der Waals surface area contributed by atoms with Crippen molar-refractivity contribution in [3.05, 3.63) is 85.1 Å². The first-order valence-corrected chi connectivity index (χ1v) is 26.6. The maximum absolute atomic E-state index is 12.8. The van der Waals surface area contributed by atoms with Crippen molar-refractivity contribution in [3.63, 3.8) is 0 Å². The lowest BCUT2D eigenvalue weighted by Crippen LogP contribution is -2.30. The van der Waals surface area contributed by atoms with Crippen LogP contribution in [0.15, 0.2) is 85.1 Å². The van der Waals surface area contributed by atoms with E-state index in [0.29, 0.717) is 19.3 Å². The highest BCUT2D eigenvalue weighted by molar-refractivity contribution is 5.71. The monoisotopic (exact) mass is 891 g/mol. The SMILES string of the molecule is CC/C=C\C/C=C\C/C=C\C/C=C\C/C=C\CCCC(=O)OC(COC(=O)CCCCCC/C=C\CCCC)COC(=O)CCCCCCCCC/C=C\CCCCCCCCCC. The molecule has 0 saturated carbocycles. The van der Waals surface area contributed by atoms with Crippen molar-refractivity contribution in [2.45, 2.75) is 252 Å². The van der Waals surface area contributed by atoms with Crippen molar-refractivity contribution >= 4 is 17.9 Å². The van der Waals surface area contributed by atoms with Crippen molar-refractivity contribution in [1.29, 1.82) is 0 Å². The number of allylic oxidation sites excluding steroid dienone is 14. The smallest absolute Gasteiger partial charge is 0.306 e. The third-order valence-corrected chi connectivity index (χ3v) is 11.1. The van der Waals surface area contributed by atoms with Crippen molar-refractivity contribution in [2.24, 2.45) is 0 Å². The van der Waals surface area contributed by atoms with Gasteiger partial charge >= 0.3 is 17.9 Å². The summed E-state index contributed by atoms with van der Waals surface area (Å²) < 4.78 is 16.7. The minimum absolute atomic E-state index is 0.105. The molecule has 0 saturated heterocycles. The van der Waals surface area contributed by atoms with Crippen LogP contribution in [0, 0.1) is 0 Å². The van der Waals surface area contributed by atoms with Crippen molar-refractivity contribution in [1.82, 2.24) is 0 Å². The molecule has 1 unspecified atom stereocenters. The Hall–Kier alpha value is -3.41. The second-order valence-electron chi connectivity index (χ2n) is 17.4. The zero-order valence-corrected chi connectivity index (χ0v) is 41.8. The molecule has 0 aromatic carbocycles. The van der Waals surface area contributed by atoms with Gasteiger partial charge in [0, 0.05) is 19.3 Å². The molecule has 6 heteroatoms. The van der Waals surface area contributed by atoms with Crippen LogP contribution in [0.4, 0.5) is 0 Å². The second kappa shape index (κ2) is 52.2. The van der Waals surface area contributed by atoms with Crippen molar-refractivity contribution in [3.8, 4) is 0 Å². The van der Waals surface area contributed by atoms with E-state index < -0.39 is 6.10 Å². The maximum atomic E-state index is 12.8. The van der Waals surface area contributed by atoms with Crippen LogP contribution < -0.4 is 0 Å². The number of unbranched alkanes of at least 4 members (excludes halogenated alkanes) is 22. The van der Waals surface area contributed by atoms with Crippen LogP contribution in [-0.2, 0) is 28.6 Å². The van der Waals surface area contributed by atoms with Crippen LogP contribution in [0.2, 0.25) is 0 Å². The van der Waals surface area contributed by atoms with E-state index in [1.807, 2.05) is 0 Å². The Morgan fingerprint density at radius 3 is 1.06 bits per heavy atom. The van der Waals surface area contributed by atoms with Crippen LogP contribution in [0.1, 0.15) is 245 Å². The van der Waals surface area contributed by atoms with E-state index in [4.69, 9.17) is 14.2 Å². The Bertz CT molecular complexity index is 1250. The van der Waals surface area contributed by atoms with Gasteiger partial charge in [-0.05, 0) is 103 Å². The molecule has 0 N–H and O–H groups in total. The average Bonchev–Trinajstić information content (AvgIpc) is 3.29. The maximum Gasteiger partial charge on any atom is 0.306 e. The number of rotatable bonds is 47. The Labute approximate surface area is 395 Å². The van der Waals surface area contributed by atoms with E-state index in [1.165, 1.54) is 103 Å². The van der Waals surface area contributed by atoms with Gasteiger partial charge in [0.25, 0.3) is 0 Å². The van der Waals surface area contributed by atoms with Gasteiger partial charge in [0.15, 0.2) is 6.10 Å². The van der Waals surface area contributed by atoms with Crippen LogP contribution in [0.5, 0.6) is 0 Å². The topological polar surface area (TPSA) is 78.9 Å². The molecule has 0 fully saturated rings.